The van der Waals surface area contributed by atoms with E-state index in [2.05, 4.69) is 27.4 Å². The van der Waals surface area contributed by atoms with Crippen LogP contribution in [-0.2, 0) is 5.75 Å². The van der Waals surface area contributed by atoms with Gasteiger partial charge in [-0.2, -0.15) is 9.78 Å². The number of benzene rings is 2. The molecule has 0 saturated carbocycles. The van der Waals surface area contributed by atoms with Gasteiger partial charge in [0.25, 0.3) is 0 Å². The van der Waals surface area contributed by atoms with Crippen molar-refractivity contribution in [1.29, 1.82) is 0 Å². The summed E-state index contributed by atoms with van der Waals surface area (Å²) in [5.41, 5.74) is 2.30. The lowest BCUT2D eigenvalue weighted by molar-refractivity contribution is -0.386. The number of nitro benzene ring substituents is 1. The van der Waals surface area contributed by atoms with Crippen LogP contribution < -0.4 is 4.74 Å². The van der Waals surface area contributed by atoms with Gasteiger partial charge >= 0.3 is 5.69 Å². The Hall–Kier alpha value is -3.40. The SMILES string of the molecule is CCOc1cc(/C=N/n2cnnc2SCc2ccc(C)cc2)cc([N+](=O)[O-])c1O. The quantitative estimate of drug-likeness (QED) is 0.259. The summed E-state index contributed by atoms with van der Waals surface area (Å²) in [6, 6.07) is 10.9. The van der Waals surface area contributed by atoms with E-state index in [0.29, 0.717) is 16.5 Å². The van der Waals surface area contributed by atoms with Crippen molar-refractivity contribution in [1.82, 2.24) is 14.9 Å². The van der Waals surface area contributed by atoms with Crippen LogP contribution >= 0.6 is 11.8 Å². The van der Waals surface area contributed by atoms with Crippen LogP contribution in [0.1, 0.15) is 23.6 Å². The Kier molecular flexibility index (Phi) is 6.45. The third-order valence-electron chi connectivity index (χ3n) is 3.89. The lowest BCUT2D eigenvalue weighted by Gasteiger charge is -2.07. The van der Waals surface area contributed by atoms with E-state index < -0.39 is 16.4 Å². The number of rotatable bonds is 8. The highest BCUT2D eigenvalue weighted by Gasteiger charge is 2.19. The maximum absolute atomic E-state index is 11.2. The molecule has 0 fully saturated rings. The van der Waals surface area contributed by atoms with Crippen molar-refractivity contribution >= 4 is 23.7 Å². The number of phenolic OH excluding ortho intramolecular Hbond substituents is 1. The van der Waals surface area contributed by atoms with Gasteiger partial charge in [-0.15, -0.1) is 10.2 Å². The van der Waals surface area contributed by atoms with Crippen molar-refractivity contribution in [3.63, 3.8) is 0 Å². The van der Waals surface area contributed by atoms with Crippen LogP contribution in [-0.4, -0.2) is 37.7 Å². The molecule has 3 aromatic rings. The molecule has 0 unspecified atom stereocenters. The highest BCUT2D eigenvalue weighted by Crippen LogP contribution is 2.36. The number of aromatic nitrogens is 3. The topological polar surface area (TPSA) is 116 Å². The zero-order valence-corrected chi connectivity index (χ0v) is 16.7. The van der Waals surface area contributed by atoms with Crippen LogP contribution in [0.2, 0.25) is 0 Å². The monoisotopic (exact) mass is 413 g/mol. The van der Waals surface area contributed by atoms with Crippen LogP contribution in [0.3, 0.4) is 0 Å². The fourth-order valence-corrected chi connectivity index (χ4v) is 3.27. The zero-order chi connectivity index (χ0) is 20.8. The number of hydrogen-bond acceptors (Lipinski definition) is 8. The smallest absolute Gasteiger partial charge is 0.315 e. The molecule has 1 aromatic heterocycles. The zero-order valence-electron chi connectivity index (χ0n) is 15.8. The molecule has 1 N–H and O–H groups in total. The van der Waals surface area contributed by atoms with Gasteiger partial charge in [-0.3, -0.25) is 10.1 Å². The molecule has 10 heteroatoms. The van der Waals surface area contributed by atoms with E-state index in [1.54, 1.807) is 6.92 Å². The molecule has 0 radical (unpaired) electrons. The number of phenols is 1. The fourth-order valence-electron chi connectivity index (χ4n) is 2.45. The first-order chi connectivity index (χ1) is 14.0. The summed E-state index contributed by atoms with van der Waals surface area (Å²) >= 11 is 1.47. The molecule has 9 nitrogen and oxygen atoms in total. The van der Waals surface area contributed by atoms with Crippen LogP contribution in [0.4, 0.5) is 5.69 Å². The summed E-state index contributed by atoms with van der Waals surface area (Å²) < 4.78 is 6.76. The lowest BCUT2D eigenvalue weighted by Crippen LogP contribution is -1.98. The first-order valence-corrected chi connectivity index (χ1v) is 9.73. The van der Waals surface area contributed by atoms with Gasteiger partial charge in [0.05, 0.1) is 17.7 Å². The molecule has 0 amide bonds. The minimum Gasteiger partial charge on any atom is -0.500 e. The van der Waals surface area contributed by atoms with Crippen LogP contribution in [0, 0.1) is 17.0 Å². The average molecular weight is 413 g/mol. The van der Waals surface area contributed by atoms with Gasteiger partial charge < -0.3 is 9.84 Å². The van der Waals surface area contributed by atoms with Gasteiger partial charge in [0.1, 0.15) is 6.33 Å². The molecule has 29 heavy (non-hydrogen) atoms. The summed E-state index contributed by atoms with van der Waals surface area (Å²) in [5, 5.41) is 33.9. The summed E-state index contributed by atoms with van der Waals surface area (Å²) in [6.45, 7) is 4.02. The van der Waals surface area contributed by atoms with Crippen LogP contribution in [0.15, 0.2) is 53.0 Å². The third kappa shape index (κ3) is 5.11. The van der Waals surface area contributed by atoms with Crippen molar-refractivity contribution < 1.29 is 14.8 Å². The summed E-state index contributed by atoms with van der Waals surface area (Å²) in [4.78, 5) is 10.5. The van der Waals surface area contributed by atoms with Gasteiger partial charge in [-0.05, 0) is 25.5 Å². The van der Waals surface area contributed by atoms with E-state index in [1.165, 1.54) is 46.7 Å². The molecular formula is C19H19N5O4S. The predicted octanol–water partition coefficient (Wildman–Crippen LogP) is 3.77. The van der Waals surface area contributed by atoms with E-state index in [1.807, 2.05) is 19.1 Å². The number of ether oxygens (including phenoxy) is 1. The maximum atomic E-state index is 11.2. The third-order valence-corrected chi connectivity index (χ3v) is 4.90. The Morgan fingerprint density at radius 2 is 2.10 bits per heavy atom. The number of nitro groups is 1. The molecule has 0 saturated heterocycles. The number of thioether (sulfide) groups is 1. The Bertz CT molecular complexity index is 1030. The van der Waals surface area contributed by atoms with E-state index in [9.17, 15) is 15.2 Å². The molecule has 0 aliphatic rings. The van der Waals surface area contributed by atoms with Gasteiger partial charge in [0.15, 0.2) is 5.75 Å². The minimum atomic E-state index is -0.670. The molecule has 150 valence electrons. The molecule has 3 rings (SSSR count). The predicted molar refractivity (Wildman–Crippen MR) is 110 cm³/mol. The van der Waals surface area contributed by atoms with Gasteiger partial charge in [0.2, 0.25) is 10.9 Å². The Morgan fingerprint density at radius 1 is 1.34 bits per heavy atom. The average Bonchev–Trinajstić information content (AvgIpc) is 3.15. The fraction of sp³-hybridized carbons (Fsp3) is 0.211. The summed E-state index contributed by atoms with van der Waals surface area (Å²) in [7, 11) is 0. The molecule has 2 aromatic carbocycles. The van der Waals surface area contributed by atoms with Crippen molar-refractivity contribution in [2.45, 2.75) is 24.8 Å². The van der Waals surface area contributed by atoms with Crippen LogP contribution in [0.25, 0.3) is 0 Å². The maximum Gasteiger partial charge on any atom is 0.315 e. The molecule has 0 aliphatic heterocycles. The van der Waals surface area contributed by atoms with E-state index in [4.69, 9.17) is 4.74 Å². The molecule has 0 atom stereocenters. The van der Waals surface area contributed by atoms with E-state index >= 15 is 0 Å². The number of hydrogen-bond donors (Lipinski definition) is 1. The first kappa shape index (κ1) is 20.3. The van der Waals surface area contributed by atoms with Gasteiger partial charge in [0, 0.05) is 17.4 Å². The largest absolute Gasteiger partial charge is 0.500 e. The standard InChI is InChI=1S/C19H19N5O4S/c1-3-28-17-9-15(8-16(18(17)25)24(26)27)10-21-23-12-20-22-19(23)29-11-14-6-4-13(2)5-7-14/h4-10,12,25H,3,11H2,1-2H3/b21-10+. The number of aryl methyl sites for hydroxylation is 1. The van der Waals surface area contributed by atoms with Gasteiger partial charge in [-0.1, -0.05) is 41.6 Å². The first-order valence-electron chi connectivity index (χ1n) is 8.75. The van der Waals surface area contributed by atoms with Crippen molar-refractivity contribution in [2.24, 2.45) is 5.10 Å². The second-order valence-electron chi connectivity index (χ2n) is 6.05. The summed E-state index contributed by atoms with van der Waals surface area (Å²) in [5.74, 6) is 0.224. The molecule has 1 heterocycles. The molecule has 0 spiro atoms. The van der Waals surface area contributed by atoms with Gasteiger partial charge in [-0.25, -0.2) is 0 Å². The molecule has 0 aliphatic carbocycles. The lowest BCUT2D eigenvalue weighted by atomic mass is 10.2. The molecular weight excluding hydrogens is 394 g/mol. The van der Waals surface area contributed by atoms with Crippen molar-refractivity contribution in [3.8, 4) is 11.5 Å². The normalized spacial score (nSPS) is 11.1. The highest BCUT2D eigenvalue weighted by atomic mass is 32.2. The minimum absolute atomic E-state index is 0.0286. The van der Waals surface area contributed by atoms with Crippen LogP contribution in [0.5, 0.6) is 11.5 Å². The van der Waals surface area contributed by atoms with E-state index in [-0.39, 0.29) is 12.4 Å². The Morgan fingerprint density at radius 3 is 2.79 bits per heavy atom. The highest BCUT2D eigenvalue weighted by molar-refractivity contribution is 7.98. The van der Waals surface area contributed by atoms with E-state index in [0.717, 1.165) is 5.56 Å². The second kappa shape index (κ2) is 9.20. The Balaban J connectivity index is 1.79. The van der Waals surface area contributed by atoms with Crippen molar-refractivity contribution in [3.05, 3.63) is 69.5 Å². The molecule has 0 bridgehead atoms. The number of nitrogens with zero attached hydrogens (tertiary/aromatic N) is 5. The second-order valence-corrected chi connectivity index (χ2v) is 7.00. The van der Waals surface area contributed by atoms with Crippen molar-refractivity contribution in [2.75, 3.05) is 6.61 Å². The summed E-state index contributed by atoms with van der Waals surface area (Å²) in [6.07, 6.45) is 2.88. The Labute approximate surface area is 171 Å². The number of aromatic hydroxyl groups is 1.